The fourth-order valence-electron chi connectivity index (χ4n) is 0.0561. The molecule has 0 fully saturated rings. The molecule has 0 rings (SSSR count). The molecular formula is CH5K2O5P. The Bertz CT molecular complexity index is 115. The van der Waals surface area contributed by atoms with Crippen LogP contribution in [0, 0.1) is 0 Å². The van der Waals surface area contributed by atoms with Gasteiger partial charge in [-0.05, 0) is 0 Å². The molecule has 0 aromatic rings. The quantitative estimate of drug-likeness (QED) is 0.267. The zero-order chi connectivity index (χ0) is 5.91. The van der Waals surface area contributed by atoms with Crippen LogP contribution in [0.3, 0.4) is 0 Å². The Morgan fingerprint density at radius 2 is 1.78 bits per heavy atom. The van der Waals surface area contributed by atoms with Crippen LogP contribution in [0.2, 0.25) is 0 Å². The van der Waals surface area contributed by atoms with Crippen molar-refractivity contribution in [2.75, 3.05) is 0 Å². The van der Waals surface area contributed by atoms with Crippen molar-refractivity contribution in [3.63, 3.8) is 0 Å². The first kappa shape index (κ1) is 17.8. The third kappa shape index (κ3) is 18.1. The van der Waals surface area contributed by atoms with E-state index in [1.807, 2.05) is 0 Å². The molecular weight excluding hydrogens is 201 g/mol. The monoisotopic (exact) mass is 206 g/mol. The molecule has 0 radical (unpaired) electrons. The van der Waals surface area contributed by atoms with E-state index in [9.17, 15) is 4.57 Å². The number of hydrogen-bond donors (Lipinski definition) is 2. The Morgan fingerprint density at radius 1 is 1.44 bits per heavy atom. The summed E-state index contributed by atoms with van der Waals surface area (Å²) in [5, 5.41) is 0. The average molecular weight is 206 g/mol. The van der Waals surface area contributed by atoms with Gasteiger partial charge in [0.15, 0.2) is 0 Å². The Hall–Kier alpha value is 2.89. The summed E-state index contributed by atoms with van der Waals surface area (Å²) in [7, 11) is -4.53. The van der Waals surface area contributed by atoms with Crippen molar-refractivity contribution in [3.05, 3.63) is 0 Å². The second-order valence-corrected chi connectivity index (χ2v) is 1.88. The Kier molecular flexibility index (Phi) is 17.8. The predicted octanol–water partition coefficient (Wildman–Crippen LogP) is -6.51. The number of phosphoric ester groups is 1. The normalized spacial score (nSPS) is 8.22. The molecule has 0 aliphatic rings. The van der Waals surface area contributed by atoms with Gasteiger partial charge in [-0.25, -0.2) is 4.57 Å². The molecule has 8 heteroatoms. The first-order valence-electron chi connectivity index (χ1n) is 1.24. The van der Waals surface area contributed by atoms with Gasteiger partial charge in [0.05, 0.1) is 0 Å². The minimum atomic E-state index is -4.53. The van der Waals surface area contributed by atoms with Crippen molar-refractivity contribution in [1.82, 2.24) is 0 Å². The van der Waals surface area contributed by atoms with Gasteiger partial charge in [-0.15, -0.1) is 0 Å². The van der Waals surface area contributed by atoms with Gasteiger partial charge in [0, 0.05) is 0 Å². The van der Waals surface area contributed by atoms with Crippen molar-refractivity contribution in [3.8, 4) is 0 Å². The minimum absolute atomic E-state index is 0. The van der Waals surface area contributed by atoms with Gasteiger partial charge in [-0.3, -0.25) is 14.6 Å². The fourth-order valence-corrected chi connectivity index (χ4v) is 0.168. The van der Waals surface area contributed by atoms with Crippen molar-refractivity contribution in [1.29, 1.82) is 0 Å². The minimum Gasteiger partial charge on any atom is -1.00 e. The van der Waals surface area contributed by atoms with Crippen molar-refractivity contribution >= 4 is 14.3 Å². The molecule has 0 amide bonds. The number of rotatable bonds is 2. The smallest absolute Gasteiger partial charge is 1.00 e. The summed E-state index contributed by atoms with van der Waals surface area (Å²) >= 11 is 0. The standard InChI is InChI=1S/CH3O5P.2K.2H/c2-1-6-7(3,4)5;;;;/h1H,(H2,3,4,5);;;;/q;2*+1;2*-1. The van der Waals surface area contributed by atoms with Gasteiger partial charge in [0.2, 0.25) is 0 Å². The topological polar surface area (TPSA) is 83.8 Å². The summed E-state index contributed by atoms with van der Waals surface area (Å²) in [6.07, 6.45) is 0. The molecule has 0 aliphatic heterocycles. The molecule has 0 aromatic heterocycles. The van der Waals surface area contributed by atoms with Crippen LogP contribution in [-0.2, 0) is 13.9 Å². The summed E-state index contributed by atoms with van der Waals surface area (Å²) in [4.78, 5) is 24.5. The second kappa shape index (κ2) is 8.98. The van der Waals surface area contributed by atoms with Gasteiger partial charge < -0.3 is 7.38 Å². The Morgan fingerprint density at radius 3 is 1.78 bits per heavy atom. The molecule has 9 heavy (non-hydrogen) atoms. The predicted molar refractivity (Wildman–Crippen MR) is 21.4 cm³/mol. The summed E-state index contributed by atoms with van der Waals surface area (Å²) < 4.78 is 12.7. The maximum Gasteiger partial charge on any atom is 1.00 e. The molecule has 0 saturated heterocycles. The van der Waals surface area contributed by atoms with Crippen LogP contribution in [0.15, 0.2) is 0 Å². The van der Waals surface area contributed by atoms with Crippen LogP contribution in [0.25, 0.3) is 0 Å². The third-order valence-electron chi connectivity index (χ3n) is 0.180. The van der Waals surface area contributed by atoms with Crippen LogP contribution in [0.1, 0.15) is 2.85 Å². The zero-order valence-corrected chi connectivity index (χ0v) is 12.3. The van der Waals surface area contributed by atoms with E-state index in [2.05, 4.69) is 4.52 Å². The number of carbonyl (C=O) groups is 1. The third-order valence-corrected chi connectivity index (χ3v) is 0.541. The number of phosphoric acid groups is 1. The molecule has 0 saturated carbocycles. The van der Waals surface area contributed by atoms with Crippen LogP contribution in [0.5, 0.6) is 0 Å². The molecule has 0 spiro atoms. The SMILES string of the molecule is O=COP(=O)(O)O.[H-].[H-].[K+].[K+]. The van der Waals surface area contributed by atoms with E-state index < -0.39 is 7.82 Å². The van der Waals surface area contributed by atoms with E-state index in [0.717, 1.165) is 0 Å². The number of hydrogen-bond acceptors (Lipinski definition) is 3. The maximum atomic E-state index is 9.47. The summed E-state index contributed by atoms with van der Waals surface area (Å²) in [6.45, 7) is -0.305. The van der Waals surface area contributed by atoms with Crippen molar-refractivity contribution in [2.45, 2.75) is 0 Å². The van der Waals surface area contributed by atoms with Crippen LogP contribution >= 0.6 is 7.82 Å². The van der Waals surface area contributed by atoms with Gasteiger partial charge >= 0.3 is 117 Å². The molecule has 2 N–H and O–H groups in total. The zero-order valence-electron chi connectivity index (χ0n) is 7.14. The van der Waals surface area contributed by atoms with E-state index in [1.54, 1.807) is 0 Å². The van der Waals surface area contributed by atoms with Gasteiger partial charge in [0.1, 0.15) is 0 Å². The molecule has 0 atom stereocenters. The number of carbonyl (C=O) groups excluding carboxylic acids is 1. The Labute approximate surface area is 140 Å². The van der Waals surface area contributed by atoms with E-state index in [0.29, 0.717) is 0 Å². The van der Waals surface area contributed by atoms with E-state index in [-0.39, 0.29) is 112 Å². The molecule has 0 bridgehead atoms. The van der Waals surface area contributed by atoms with Gasteiger partial charge in [-0.2, -0.15) is 0 Å². The van der Waals surface area contributed by atoms with Gasteiger partial charge in [-0.1, -0.05) is 0 Å². The van der Waals surface area contributed by atoms with Crippen molar-refractivity contribution < 1.29 is 129 Å². The average Bonchev–Trinajstić information content (AvgIpc) is 1.30. The van der Waals surface area contributed by atoms with Crippen molar-refractivity contribution in [2.24, 2.45) is 0 Å². The molecule has 0 aliphatic carbocycles. The molecule has 0 aromatic carbocycles. The first-order chi connectivity index (χ1) is 3.06. The first-order valence-corrected chi connectivity index (χ1v) is 2.77. The summed E-state index contributed by atoms with van der Waals surface area (Å²) in [5.74, 6) is 0. The fraction of sp³-hybridized carbons (Fsp3) is 0. The molecule has 0 unspecified atom stereocenters. The largest absolute Gasteiger partial charge is 1.00 e. The summed E-state index contributed by atoms with van der Waals surface area (Å²) in [5.41, 5.74) is 0. The maximum absolute atomic E-state index is 9.47. The molecule has 0 heterocycles. The molecule has 46 valence electrons. The summed E-state index contributed by atoms with van der Waals surface area (Å²) in [6, 6.07) is 0. The Balaban J connectivity index is -0.0000000300. The van der Waals surface area contributed by atoms with E-state index >= 15 is 0 Å². The van der Waals surface area contributed by atoms with Crippen LogP contribution in [-0.4, -0.2) is 16.3 Å². The van der Waals surface area contributed by atoms with E-state index in [1.165, 1.54) is 0 Å². The van der Waals surface area contributed by atoms with E-state index in [4.69, 9.17) is 14.6 Å². The van der Waals surface area contributed by atoms with Crippen LogP contribution < -0.4 is 103 Å². The van der Waals surface area contributed by atoms with Gasteiger partial charge in [0.25, 0.3) is 0 Å². The van der Waals surface area contributed by atoms with Crippen LogP contribution in [0.4, 0.5) is 0 Å². The second-order valence-electron chi connectivity index (χ2n) is 0.692. The molecule has 5 nitrogen and oxygen atoms in total.